The number of rotatable bonds is 2. The zero-order chi connectivity index (χ0) is 11.5. The van der Waals surface area contributed by atoms with Gasteiger partial charge in [0.1, 0.15) is 0 Å². The van der Waals surface area contributed by atoms with Gasteiger partial charge in [-0.3, -0.25) is 4.79 Å². The summed E-state index contributed by atoms with van der Waals surface area (Å²) in [5.41, 5.74) is 2.39. The molecule has 86 valence electrons. The number of carbonyl (C=O) groups is 1. The minimum absolute atomic E-state index is 0.153. The molecule has 1 aliphatic rings. The average Bonchev–Trinajstić information content (AvgIpc) is 2.29. The lowest BCUT2D eigenvalue weighted by Crippen LogP contribution is -2.39. The molecule has 0 saturated carbocycles. The van der Waals surface area contributed by atoms with Crippen LogP contribution >= 0.6 is 0 Å². The molecule has 0 radical (unpaired) electrons. The molecule has 1 aromatic carbocycles. The fraction of sp³-hybridized carbons (Fsp3) is 0.462. The van der Waals surface area contributed by atoms with E-state index in [-0.39, 0.29) is 11.8 Å². The van der Waals surface area contributed by atoms with E-state index in [1.54, 1.807) is 0 Å². The summed E-state index contributed by atoms with van der Waals surface area (Å²) in [6.07, 6.45) is 0.905. The van der Waals surface area contributed by atoms with Crippen molar-refractivity contribution in [1.29, 1.82) is 0 Å². The van der Waals surface area contributed by atoms with Gasteiger partial charge in [0.15, 0.2) is 0 Å². The summed E-state index contributed by atoms with van der Waals surface area (Å²) in [7, 11) is 0. The molecule has 2 N–H and O–H groups in total. The van der Waals surface area contributed by atoms with E-state index in [9.17, 15) is 9.90 Å². The molecule has 1 fully saturated rings. The van der Waals surface area contributed by atoms with Crippen molar-refractivity contribution < 1.29 is 9.90 Å². The highest BCUT2D eigenvalue weighted by molar-refractivity contribution is 5.72. The highest BCUT2D eigenvalue weighted by atomic mass is 16.4. The van der Waals surface area contributed by atoms with Crippen LogP contribution in [0.1, 0.15) is 23.5 Å². The first-order valence-corrected chi connectivity index (χ1v) is 5.69. The van der Waals surface area contributed by atoms with Gasteiger partial charge >= 0.3 is 5.97 Å². The van der Waals surface area contributed by atoms with E-state index in [2.05, 4.69) is 24.4 Å². The van der Waals surface area contributed by atoms with Crippen LogP contribution in [-0.2, 0) is 4.79 Å². The lowest BCUT2D eigenvalue weighted by molar-refractivity contribution is -0.142. The van der Waals surface area contributed by atoms with Gasteiger partial charge in [-0.15, -0.1) is 0 Å². The Labute approximate surface area is 95.5 Å². The van der Waals surface area contributed by atoms with E-state index < -0.39 is 5.97 Å². The van der Waals surface area contributed by atoms with Gasteiger partial charge in [-0.1, -0.05) is 24.3 Å². The fourth-order valence-electron chi connectivity index (χ4n) is 2.49. The number of aryl methyl sites for hydroxylation is 1. The number of carboxylic acid groups (broad SMARTS) is 1. The number of nitrogens with one attached hydrogen (secondary N) is 1. The quantitative estimate of drug-likeness (QED) is 0.797. The van der Waals surface area contributed by atoms with Crippen LogP contribution in [0.2, 0.25) is 0 Å². The Balaban J connectivity index is 2.30. The second-order valence-corrected chi connectivity index (χ2v) is 4.40. The molecule has 1 heterocycles. The van der Waals surface area contributed by atoms with Gasteiger partial charge in [-0.2, -0.15) is 0 Å². The fourth-order valence-corrected chi connectivity index (χ4v) is 2.49. The summed E-state index contributed by atoms with van der Waals surface area (Å²) in [6, 6.07) is 8.09. The number of carboxylic acids is 1. The molecule has 1 aromatic rings. The van der Waals surface area contributed by atoms with E-state index in [1.165, 1.54) is 11.1 Å². The highest BCUT2D eigenvalue weighted by Crippen LogP contribution is 2.32. The first kappa shape index (κ1) is 11.1. The van der Waals surface area contributed by atoms with E-state index in [0.717, 1.165) is 13.0 Å². The minimum atomic E-state index is -0.694. The van der Waals surface area contributed by atoms with Crippen LogP contribution in [0.5, 0.6) is 0 Å². The third-order valence-electron chi connectivity index (χ3n) is 3.39. The molecule has 3 nitrogen and oxygen atoms in total. The van der Waals surface area contributed by atoms with Crippen LogP contribution in [0.3, 0.4) is 0 Å². The van der Waals surface area contributed by atoms with Crippen LogP contribution in [-0.4, -0.2) is 24.2 Å². The van der Waals surface area contributed by atoms with Gasteiger partial charge in [0, 0.05) is 6.54 Å². The van der Waals surface area contributed by atoms with E-state index in [4.69, 9.17) is 0 Å². The molecule has 1 saturated heterocycles. The lowest BCUT2D eigenvalue weighted by atomic mass is 9.79. The van der Waals surface area contributed by atoms with Crippen LogP contribution in [0, 0.1) is 12.8 Å². The molecular formula is C13H17NO2. The van der Waals surface area contributed by atoms with Gasteiger partial charge in [0.2, 0.25) is 0 Å². The molecule has 3 heteroatoms. The second-order valence-electron chi connectivity index (χ2n) is 4.40. The molecule has 0 bridgehead atoms. The van der Waals surface area contributed by atoms with Crippen LogP contribution in [0.4, 0.5) is 0 Å². The van der Waals surface area contributed by atoms with Crippen molar-refractivity contribution in [2.24, 2.45) is 5.92 Å². The molecule has 1 aliphatic heterocycles. The molecule has 0 aromatic heterocycles. The van der Waals surface area contributed by atoms with E-state index in [0.29, 0.717) is 6.54 Å². The second kappa shape index (κ2) is 4.66. The van der Waals surface area contributed by atoms with Crippen molar-refractivity contribution >= 4 is 5.97 Å². The van der Waals surface area contributed by atoms with E-state index >= 15 is 0 Å². The lowest BCUT2D eigenvalue weighted by Gasteiger charge is -2.30. The molecule has 0 spiro atoms. The smallest absolute Gasteiger partial charge is 0.308 e. The number of hydrogen-bond acceptors (Lipinski definition) is 2. The van der Waals surface area contributed by atoms with Crippen molar-refractivity contribution in [2.45, 2.75) is 19.3 Å². The monoisotopic (exact) mass is 219 g/mol. The van der Waals surface area contributed by atoms with Gasteiger partial charge in [0.25, 0.3) is 0 Å². The molecule has 16 heavy (non-hydrogen) atoms. The summed E-state index contributed by atoms with van der Waals surface area (Å²) in [4.78, 5) is 11.2. The van der Waals surface area contributed by atoms with Crippen molar-refractivity contribution in [2.75, 3.05) is 13.1 Å². The SMILES string of the molecule is Cc1ccccc1C1CCNCC1C(=O)O. The minimum Gasteiger partial charge on any atom is -0.481 e. The number of hydrogen-bond donors (Lipinski definition) is 2. The summed E-state index contributed by atoms with van der Waals surface area (Å²) >= 11 is 0. The molecule has 2 atom stereocenters. The van der Waals surface area contributed by atoms with Gasteiger partial charge < -0.3 is 10.4 Å². The number of benzene rings is 1. The Bertz CT molecular complexity index is 389. The third-order valence-corrected chi connectivity index (χ3v) is 3.39. The maximum Gasteiger partial charge on any atom is 0.308 e. The molecule has 2 unspecified atom stereocenters. The van der Waals surface area contributed by atoms with Gasteiger partial charge in [-0.05, 0) is 36.9 Å². The Morgan fingerprint density at radius 3 is 2.88 bits per heavy atom. The zero-order valence-electron chi connectivity index (χ0n) is 9.44. The zero-order valence-corrected chi connectivity index (χ0v) is 9.44. The first-order chi connectivity index (χ1) is 7.70. The van der Waals surface area contributed by atoms with Crippen molar-refractivity contribution in [3.8, 4) is 0 Å². The maximum absolute atomic E-state index is 11.2. The summed E-state index contributed by atoms with van der Waals surface area (Å²) in [5, 5.41) is 12.4. The van der Waals surface area contributed by atoms with Crippen LogP contribution in [0.15, 0.2) is 24.3 Å². The predicted molar refractivity (Wildman–Crippen MR) is 62.5 cm³/mol. The summed E-state index contributed by atoms with van der Waals surface area (Å²) < 4.78 is 0. The first-order valence-electron chi connectivity index (χ1n) is 5.69. The van der Waals surface area contributed by atoms with Crippen molar-refractivity contribution in [1.82, 2.24) is 5.32 Å². The summed E-state index contributed by atoms with van der Waals surface area (Å²) in [5.74, 6) is -0.838. The highest BCUT2D eigenvalue weighted by Gasteiger charge is 2.32. The maximum atomic E-state index is 11.2. The van der Waals surface area contributed by atoms with Crippen molar-refractivity contribution in [3.63, 3.8) is 0 Å². The molecule has 2 rings (SSSR count). The molecule has 0 aliphatic carbocycles. The van der Waals surface area contributed by atoms with Gasteiger partial charge in [0.05, 0.1) is 5.92 Å². The molecule has 0 amide bonds. The van der Waals surface area contributed by atoms with Gasteiger partial charge in [-0.25, -0.2) is 0 Å². The van der Waals surface area contributed by atoms with Crippen molar-refractivity contribution in [3.05, 3.63) is 35.4 Å². The average molecular weight is 219 g/mol. The van der Waals surface area contributed by atoms with E-state index in [1.807, 2.05) is 12.1 Å². The third kappa shape index (κ3) is 2.09. The standard InChI is InChI=1S/C13H17NO2/c1-9-4-2-3-5-10(9)11-6-7-14-8-12(11)13(15)16/h2-5,11-12,14H,6-8H2,1H3,(H,15,16). The number of aliphatic carboxylic acids is 1. The Kier molecular flexibility index (Phi) is 3.25. The Hall–Kier alpha value is -1.35. The normalized spacial score (nSPS) is 25.3. The largest absolute Gasteiger partial charge is 0.481 e. The Morgan fingerprint density at radius 2 is 2.19 bits per heavy atom. The Morgan fingerprint density at radius 1 is 1.44 bits per heavy atom. The topological polar surface area (TPSA) is 49.3 Å². The van der Waals surface area contributed by atoms with Crippen LogP contribution in [0.25, 0.3) is 0 Å². The molecular weight excluding hydrogens is 202 g/mol. The summed E-state index contributed by atoms with van der Waals surface area (Å²) in [6.45, 7) is 3.54. The van der Waals surface area contributed by atoms with Crippen LogP contribution < -0.4 is 5.32 Å². The predicted octanol–water partition coefficient (Wildman–Crippen LogP) is 1.77. The number of piperidine rings is 1.